The molecule has 0 bridgehead atoms. The van der Waals surface area contributed by atoms with Gasteiger partial charge in [-0.2, -0.15) is 5.10 Å². The van der Waals surface area contributed by atoms with Crippen LogP contribution in [0.15, 0.2) is 47.6 Å². The van der Waals surface area contributed by atoms with Crippen molar-refractivity contribution in [3.63, 3.8) is 0 Å². The molecule has 2 aromatic carbocycles. The van der Waals surface area contributed by atoms with E-state index in [2.05, 4.69) is 62.2 Å². The minimum absolute atomic E-state index is 0.118. The second-order valence-electron chi connectivity index (χ2n) is 8.74. The molecule has 1 N–H and O–H groups in total. The molecule has 0 fully saturated rings. The van der Waals surface area contributed by atoms with Crippen molar-refractivity contribution in [3.05, 3.63) is 58.6 Å². The Kier molecular flexibility index (Phi) is 6.71. The number of hydrogen-bond acceptors (Lipinski definition) is 4. The van der Waals surface area contributed by atoms with Crippen LogP contribution in [0, 0.1) is 0 Å². The third-order valence-corrected chi connectivity index (χ3v) is 5.62. The number of carbonyl (C=O) groups excluding carboxylic acids is 1. The van der Waals surface area contributed by atoms with E-state index in [0.29, 0.717) is 22.7 Å². The predicted octanol–water partition coefficient (Wildman–Crippen LogP) is 5.37. The largest absolute Gasteiger partial charge is 0.484 e. The van der Waals surface area contributed by atoms with Crippen LogP contribution in [-0.2, 0) is 4.79 Å². The standard InChI is InChI=1S/C24H30ClN3O2/c1-16(2)28-22-10-9-18(11-21(22)17(3)13-24(28,4)5)14-26-27-23(29)15-30-20-8-6-7-19(25)12-20/h6-12,14,16-17H,13,15H2,1-5H3,(H,27,29)/b26-14+/t17-/m1/s1. The minimum atomic E-state index is -0.328. The molecule has 1 aliphatic heterocycles. The zero-order valence-corrected chi connectivity index (χ0v) is 19.0. The summed E-state index contributed by atoms with van der Waals surface area (Å²) >= 11 is 5.91. The lowest BCUT2D eigenvalue weighted by Gasteiger charge is -2.50. The van der Waals surface area contributed by atoms with Crippen LogP contribution in [0.5, 0.6) is 5.75 Å². The Balaban J connectivity index is 1.64. The number of nitrogens with zero attached hydrogens (tertiary/aromatic N) is 2. The van der Waals surface area contributed by atoms with Gasteiger partial charge in [0.25, 0.3) is 5.91 Å². The molecule has 160 valence electrons. The Morgan fingerprint density at radius 2 is 2.10 bits per heavy atom. The van der Waals surface area contributed by atoms with Gasteiger partial charge in [-0.25, -0.2) is 5.43 Å². The summed E-state index contributed by atoms with van der Waals surface area (Å²) in [5.41, 5.74) is 6.19. The summed E-state index contributed by atoms with van der Waals surface area (Å²) in [4.78, 5) is 14.5. The van der Waals surface area contributed by atoms with Crippen LogP contribution in [0.4, 0.5) is 5.69 Å². The summed E-state index contributed by atoms with van der Waals surface area (Å²) in [6.07, 6.45) is 2.76. The minimum Gasteiger partial charge on any atom is -0.484 e. The van der Waals surface area contributed by atoms with Gasteiger partial charge in [0, 0.05) is 22.3 Å². The maximum Gasteiger partial charge on any atom is 0.277 e. The van der Waals surface area contributed by atoms with Gasteiger partial charge in [-0.3, -0.25) is 4.79 Å². The molecule has 0 aromatic heterocycles. The van der Waals surface area contributed by atoms with Crippen LogP contribution in [0.25, 0.3) is 0 Å². The van der Waals surface area contributed by atoms with E-state index in [-0.39, 0.29) is 18.1 Å². The average molecular weight is 428 g/mol. The summed E-state index contributed by atoms with van der Waals surface area (Å²) in [7, 11) is 0. The Labute approximate surface area is 184 Å². The lowest BCUT2D eigenvalue weighted by atomic mass is 9.79. The predicted molar refractivity (Wildman–Crippen MR) is 124 cm³/mol. The normalized spacial score (nSPS) is 17.8. The number of rotatable bonds is 6. The van der Waals surface area contributed by atoms with E-state index in [1.807, 2.05) is 6.07 Å². The molecule has 30 heavy (non-hydrogen) atoms. The zero-order chi connectivity index (χ0) is 21.9. The summed E-state index contributed by atoms with van der Waals surface area (Å²) in [5, 5.41) is 4.65. The number of benzene rings is 2. The molecule has 1 atom stereocenters. The average Bonchev–Trinajstić information content (AvgIpc) is 2.66. The third kappa shape index (κ3) is 5.14. The second kappa shape index (κ2) is 9.09. The molecule has 0 radical (unpaired) electrons. The first kappa shape index (κ1) is 22.2. The van der Waals surface area contributed by atoms with Gasteiger partial charge >= 0.3 is 0 Å². The number of hydrazone groups is 1. The molecule has 0 saturated heterocycles. The van der Waals surface area contributed by atoms with Crippen molar-refractivity contribution in [2.24, 2.45) is 5.10 Å². The van der Waals surface area contributed by atoms with Crippen LogP contribution in [0.1, 0.15) is 58.1 Å². The first-order chi connectivity index (χ1) is 14.2. The van der Waals surface area contributed by atoms with Crippen molar-refractivity contribution < 1.29 is 9.53 Å². The van der Waals surface area contributed by atoms with Gasteiger partial charge in [0.2, 0.25) is 0 Å². The molecule has 0 unspecified atom stereocenters. The van der Waals surface area contributed by atoms with Gasteiger partial charge in [-0.15, -0.1) is 0 Å². The lowest BCUT2D eigenvalue weighted by molar-refractivity contribution is -0.123. The summed E-state index contributed by atoms with van der Waals surface area (Å²) < 4.78 is 5.42. The molecule has 3 rings (SSSR count). The van der Waals surface area contributed by atoms with Crippen molar-refractivity contribution in [1.82, 2.24) is 5.43 Å². The fourth-order valence-electron chi connectivity index (χ4n) is 4.44. The van der Waals surface area contributed by atoms with Gasteiger partial charge in [0.15, 0.2) is 6.61 Å². The number of nitrogens with one attached hydrogen (secondary N) is 1. The topological polar surface area (TPSA) is 53.9 Å². The number of hydrogen-bond donors (Lipinski definition) is 1. The number of ether oxygens (including phenoxy) is 1. The lowest BCUT2D eigenvalue weighted by Crippen LogP contribution is -2.51. The quantitative estimate of drug-likeness (QED) is 0.498. The van der Waals surface area contributed by atoms with Crippen LogP contribution in [0.2, 0.25) is 5.02 Å². The van der Waals surface area contributed by atoms with Gasteiger partial charge in [-0.1, -0.05) is 30.7 Å². The van der Waals surface area contributed by atoms with Crippen LogP contribution in [-0.4, -0.2) is 30.3 Å². The highest BCUT2D eigenvalue weighted by molar-refractivity contribution is 6.30. The van der Waals surface area contributed by atoms with Crippen LogP contribution in [0.3, 0.4) is 0 Å². The van der Waals surface area contributed by atoms with Gasteiger partial charge in [-0.05, 0) is 81.5 Å². The van der Waals surface area contributed by atoms with E-state index >= 15 is 0 Å². The van der Waals surface area contributed by atoms with E-state index in [1.54, 1.807) is 30.5 Å². The monoisotopic (exact) mass is 427 g/mol. The van der Waals surface area contributed by atoms with Crippen LogP contribution < -0.4 is 15.1 Å². The SMILES string of the molecule is CC(C)N1c2ccc(/C=N/NC(=O)COc3cccc(Cl)c3)cc2[C@H](C)CC1(C)C. The van der Waals surface area contributed by atoms with Crippen molar-refractivity contribution >= 4 is 29.4 Å². The molecule has 0 spiro atoms. The molecule has 6 heteroatoms. The molecule has 1 heterocycles. The first-order valence-corrected chi connectivity index (χ1v) is 10.7. The third-order valence-electron chi connectivity index (χ3n) is 5.39. The Bertz CT molecular complexity index is 940. The van der Waals surface area contributed by atoms with Crippen molar-refractivity contribution in [3.8, 4) is 5.75 Å². The maximum atomic E-state index is 12.0. The van der Waals surface area contributed by atoms with Crippen molar-refractivity contribution in [2.45, 2.75) is 58.5 Å². The highest BCUT2D eigenvalue weighted by Gasteiger charge is 2.37. The molecular formula is C24H30ClN3O2. The molecule has 1 aliphatic rings. The number of anilines is 1. The van der Waals surface area contributed by atoms with E-state index in [9.17, 15) is 4.79 Å². The number of halogens is 1. The first-order valence-electron chi connectivity index (χ1n) is 10.3. The summed E-state index contributed by atoms with van der Waals surface area (Å²) in [6, 6.07) is 13.7. The van der Waals surface area contributed by atoms with Crippen LogP contribution >= 0.6 is 11.6 Å². The summed E-state index contributed by atoms with van der Waals surface area (Å²) in [6.45, 7) is 11.2. The molecule has 0 saturated carbocycles. The Morgan fingerprint density at radius 3 is 2.80 bits per heavy atom. The smallest absolute Gasteiger partial charge is 0.277 e. The Morgan fingerprint density at radius 1 is 1.33 bits per heavy atom. The van der Waals surface area contributed by atoms with Gasteiger partial charge in [0.05, 0.1) is 6.21 Å². The molecule has 2 aromatic rings. The van der Waals surface area contributed by atoms with Gasteiger partial charge < -0.3 is 9.64 Å². The van der Waals surface area contributed by atoms with E-state index in [4.69, 9.17) is 16.3 Å². The molecule has 5 nitrogen and oxygen atoms in total. The summed E-state index contributed by atoms with van der Waals surface area (Å²) in [5.74, 6) is 0.673. The fraction of sp³-hybridized carbons (Fsp3) is 0.417. The van der Waals surface area contributed by atoms with E-state index < -0.39 is 0 Å². The van der Waals surface area contributed by atoms with E-state index in [0.717, 1.165) is 12.0 Å². The molecular weight excluding hydrogens is 398 g/mol. The fourth-order valence-corrected chi connectivity index (χ4v) is 4.63. The van der Waals surface area contributed by atoms with E-state index in [1.165, 1.54) is 11.3 Å². The highest BCUT2D eigenvalue weighted by atomic mass is 35.5. The number of fused-ring (bicyclic) bond motifs is 1. The molecule has 0 aliphatic carbocycles. The number of carbonyl (C=O) groups is 1. The maximum absolute atomic E-state index is 12.0. The Hall–Kier alpha value is -2.53. The zero-order valence-electron chi connectivity index (χ0n) is 18.3. The molecule has 1 amide bonds. The van der Waals surface area contributed by atoms with Crippen molar-refractivity contribution in [2.75, 3.05) is 11.5 Å². The highest BCUT2D eigenvalue weighted by Crippen LogP contribution is 2.44. The second-order valence-corrected chi connectivity index (χ2v) is 9.18. The van der Waals surface area contributed by atoms with Gasteiger partial charge in [0.1, 0.15) is 5.75 Å². The van der Waals surface area contributed by atoms with Crippen molar-refractivity contribution in [1.29, 1.82) is 0 Å². The number of amides is 1.